The number of nitrogens with two attached hydrogens (primary N) is 2. The fraction of sp³-hybridized carbons (Fsp3) is 0.490. The van der Waals surface area contributed by atoms with Gasteiger partial charge < -0.3 is 56.6 Å². The SMILES string of the molecule is CC(C)[C@H](NC(=O)CCN1C(=O)C=CC1=O)C(=O)N[C@@H](CCCCNC(N)=O)C(=O)Nc1ccc(COC(=O)N(C)CCOC(=O)Nc2ncnc3c2ncn3[C@@H]2O[C@@H]3CO[P@@](=O)(S)O[C@H]4[C@@H](F)[C@H](n5cnc6c(N)ncnc65)O[C@@H]4CO[P@](=O)(S)O[C@H]3[C@H]2F)cc1. The fourth-order valence-electron chi connectivity index (χ4n) is 9.77. The summed E-state index contributed by atoms with van der Waals surface area (Å²) < 4.78 is 107. The number of imide groups is 1. The molecular formula is C51H63F2N17O18P2S2. The Kier molecular flexibility index (Phi) is 22.1. The molecule has 4 aromatic heterocycles. The molecule has 35 nitrogen and oxygen atoms in total. The van der Waals surface area contributed by atoms with Crippen molar-refractivity contribution in [1.82, 2.24) is 64.8 Å². The molecule has 3 saturated heterocycles. The topological polar surface area (TPSA) is 450 Å². The van der Waals surface area contributed by atoms with Crippen LogP contribution in [-0.2, 0) is 76.8 Å². The van der Waals surface area contributed by atoms with Gasteiger partial charge in [0.15, 0.2) is 53.2 Å². The molecule has 9 N–H and O–H groups in total. The molecule has 9 rings (SSSR count). The van der Waals surface area contributed by atoms with E-state index < -0.39 is 142 Å². The Morgan fingerprint density at radius 3 is 1.97 bits per heavy atom. The molecule has 12 atom stereocenters. The van der Waals surface area contributed by atoms with E-state index in [1.54, 1.807) is 26.0 Å². The van der Waals surface area contributed by atoms with E-state index in [0.29, 0.717) is 24.1 Å². The summed E-state index contributed by atoms with van der Waals surface area (Å²) in [6.07, 6.45) is -8.67. The summed E-state index contributed by atoms with van der Waals surface area (Å²) in [5.41, 5.74) is 11.9. The van der Waals surface area contributed by atoms with Crippen molar-refractivity contribution in [3.8, 4) is 0 Å². The lowest BCUT2D eigenvalue weighted by molar-refractivity contribution is -0.137. The van der Waals surface area contributed by atoms with Crippen LogP contribution < -0.4 is 38.1 Å². The summed E-state index contributed by atoms with van der Waals surface area (Å²) in [5, 5.41) is 12.9. The number of thiol groups is 2. The maximum atomic E-state index is 16.7. The fourth-order valence-corrected chi connectivity index (χ4v) is 12.7. The van der Waals surface area contributed by atoms with E-state index in [2.05, 4.69) is 81.0 Å². The summed E-state index contributed by atoms with van der Waals surface area (Å²) in [6.45, 7) is -8.02. The standard InChI is InChI=1S/C51H63F2N17O18P2S2/c1-25(2)36(65-31(71)13-15-68-32(72)11-12-33(68)73)46(75)64-28(6-4-5-14-56-49(55)76)45(74)63-27-9-7-26(8-10-27)18-82-51(78)67(3)16-17-81-50(77)66-42-38-44(60-22-58-42)70(24-62-38)48-35(53)40-30(86-48)20-84-89(79,91)87-39-29(19-83-90(80,92)88-40)85-47(34(39)52)69-23-61-37-41(54)57-21-59-43(37)69/h7-12,21-25,28-30,34-36,39-40,47-48H,4-6,13-20H2,1-3H3,(H,63,74)(H,64,75)(H,65,71)(H,79,91)(H,80,92)(H2,54,57,59)(H3,55,56,76)(H,58,60,66,77)/t28-,29+,30+,34+,35+,36-,39+,40+,47+,48+,89+,90-/m0/s1. The highest BCUT2D eigenvalue weighted by Gasteiger charge is 2.54. The number of carbonyl (C=O) groups excluding carboxylic acids is 8. The second-order valence-electron chi connectivity index (χ2n) is 21.3. The van der Waals surface area contributed by atoms with Crippen molar-refractivity contribution >= 4 is 125 Å². The first-order chi connectivity index (χ1) is 43.8. The van der Waals surface area contributed by atoms with E-state index >= 15 is 8.78 Å². The van der Waals surface area contributed by atoms with E-state index in [9.17, 15) is 47.5 Å². The lowest BCUT2D eigenvalue weighted by atomic mass is 10.0. The van der Waals surface area contributed by atoms with Crippen molar-refractivity contribution in [3.63, 3.8) is 0 Å². The van der Waals surface area contributed by atoms with Gasteiger partial charge in [-0.15, -0.1) is 0 Å². The van der Waals surface area contributed by atoms with E-state index in [4.69, 9.17) is 48.5 Å². The Bertz CT molecular complexity index is 3710. The van der Waals surface area contributed by atoms with Gasteiger partial charge in [-0.25, -0.2) is 62.2 Å². The number of rotatable bonds is 22. The highest BCUT2D eigenvalue weighted by Crippen LogP contribution is 2.60. The van der Waals surface area contributed by atoms with Crippen LogP contribution in [-0.4, -0.2) is 192 Å². The third-order valence-corrected chi connectivity index (χ3v) is 17.7. The molecule has 41 heteroatoms. The van der Waals surface area contributed by atoms with Crippen LogP contribution in [0, 0.1) is 5.92 Å². The number of nitrogens with one attached hydrogen (secondary N) is 5. The molecule has 1 aromatic carbocycles. The molecular weight excluding hydrogens is 1300 g/mol. The molecule has 0 saturated carbocycles. The Morgan fingerprint density at radius 2 is 1.37 bits per heavy atom. The van der Waals surface area contributed by atoms with Crippen LogP contribution in [0.25, 0.3) is 22.3 Å². The summed E-state index contributed by atoms with van der Waals surface area (Å²) in [6, 6.07) is 3.28. The van der Waals surface area contributed by atoms with Gasteiger partial charge >= 0.3 is 31.8 Å². The zero-order chi connectivity index (χ0) is 66.2. The number of unbranched alkanes of at least 4 members (excludes halogenated alkanes) is 1. The third-order valence-electron chi connectivity index (χ3n) is 14.5. The Morgan fingerprint density at radius 1 is 0.783 bits per heavy atom. The van der Waals surface area contributed by atoms with Gasteiger partial charge in [0.2, 0.25) is 17.7 Å². The van der Waals surface area contributed by atoms with Crippen LogP contribution in [0.5, 0.6) is 0 Å². The number of amides is 9. The summed E-state index contributed by atoms with van der Waals surface area (Å²) in [4.78, 5) is 128. The number of benzene rings is 1. The van der Waals surface area contributed by atoms with Crippen LogP contribution in [0.3, 0.4) is 0 Å². The quantitative estimate of drug-likeness (QED) is 0.0208. The molecule has 0 radical (unpaired) electrons. The van der Waals surface area contributed by atoms with Gasteiger partial charge in [0.05, 0.1) is 32.4 Å². The summed E-state index contributed by atoms with van der Waals surface area (Å²) >= 11 is 8.09. The molecule has 3 fully saturated rings. The molecule has 4 aliphatic rings. The first kappa shape index (κ1) is 68.4. The molecule has 496 valence electrons. The number of hydrogen-bond donors (Lipinski definition) is 9. The lowest BCUT2D eigenvalue weighted by Crippen LogP contribution is -2.54. The molecule has 5 aromatic rings. The van der Waals surface area contributed by atoms with Crippen molar-refractivity contribution in [2.24, 2.45) is 11.7 Å². The number of anilines is 3. The van der Waals surface area contributed by atoms with Crippen LogP contribution >= 0.6 is 38.1 Å². The first-order valence-corrected chi connectivity index (χ1v) is 33.5. The van der Waals surface area contributed by atoms with Gasteiger partial charge in [0.25, 0.3) is 11.8 Å². The lowest BCUT2D eigenvalue weighted by Gasteiger charge is -2.28. The van der Waals surface area contributed by atoms with Gasteiger partial charge in [-0.3, -0.25) is 61.4 Å². The molecule has 0 spiro atoms. The van der Waals surface area contributed by atoms with Crippen LogP contribution in [0.4, 0.5) is 40.5 Å². The minimum absolute atomic E-state index is 0.00193. The second kappa shape index (κ2) is 29.7. The zero-order valence-electron chi connectivity index (χ0n) is 48.9. The van der Waals surface area contributed by atoms with Gasteiger partial charge in [-0.05, 0) is 42.9 Å². The third kappa shape index (κ3) is 16.8. The number of hydrogen-bond acceptors (Lipinski definition) is 25. The second-order valence-corrected chi connectivity index (χ2v) is 27.0. The maximum absolute atomic E-state index is 16.7. The molecule has 8 heterocycles. The number of carbonyl (C=O) groups is 8. The number of nitrogens with zero attached hydrogens (tertiary/aromatic N) is 10. The Hall–Kier alpha value is -8.00. The smallest absolute Gasteiger partial charge is 0.412 e. The number of likely N-dealkylation sites (N-methyl/N-ethyl adjacent to an activating group) is 1. The van der Waals surface area contributed by atoms with Gasteiger partial charge in [0.1, 0.15) is 67.9 Å². The zero-order valence-corrected chi connectivity index (χ0v) is 52.5. The van der Waals surface area contributed by atoms with Crippen LogP contribution in [0.2, 0.25) is 0 Å². The van der Waals surface area contributed by atoms with E-state index in [-0.39, 0.29) is 79.7 Å². The normalized spacial score (nSPS) is 25.5. The molecule has 0 unspecified atom stereocenters. The minimum Gasteiger partial charge on any atom is -0.447 e. The molecule has 0 aliphatic carbocycles. The van der Waals surface area contributed by atoms with Crippen LogP contribution in [0.1, 0.15) is 57.6 Å². The number of halogens is 2. The number of aromatic nitrogens is 8. The Labute approximate surface area is 530 Å². The number of ether oxygens (including phenoxy) is 4. The molecule has 92 heavy (non-hydrogen) atoms. The van der Waals surface area contributed by atoms with Crippen LogP contribution in [0.15, 0.2) is 61.7 Å². The number of imidazole rings is 2. The van der Waals surface area contributed by atoms with Crippen molar-refractivity contribution in [2.45, 2.75) is 107 Å². The number of fused-ring (bicyclic) bond motifs is 4. The van der Waals surface area contributed by atoms with Gasteiger partial charge in [-0.2, -0.15) is 0 Å². The van der Waals surface area contributed by atoms with E-state index in [1.165, 1.54) is 30.1 Å². The first-order valence-electron chi connectivity index (χ1n) is 28.2. The van der Waals surface area contributed by atoms with E-state index in [0.717, 1.165) is 45.5 Å². The summed E-state index contributed by atoms with van der Waals surface area (Å²) in [5.74, 6) is -3.64. The minimum atomic E-state index is -4.58. The largest absolute Gasteiger partial charge is 0.447 e. The molecule has 9 amide bonds. The Balaban J connectivity index is 0.738. The monoisotopic (exact) mass is 1370 g/mol. The number of primary amides is 1. The predicted octanol–water partition coefficient (Wildman–Crippen LogP) is 3.15. The highest BCUT2D eigenvalue weighted by atomic mass is 32.7. The highest BCUT2D eigenvalue weighted by molar-refractivity contribution is 8.44. The van der Waals surface area contributed by atoms with Crippen molar-refractivity contribution in [3.05, 3.63) is 67.3 Å². The van der Waals surface area contributed by atoms with Crippen molar-refractivity contribution in [2.75, 3.05) is 62.9 Å². The van der Waals surface area contributed by atoms with Gasteiger partial charge in [-0.1, -0.05) is 50.5 Å². The van der Waals surface area contributed by atoms with E-state index in [1.807, 2.05) is 0 Å². The number of urea groups is 1. The average Bonchev–Trinajstić information content (AvgIpc) is 1.63. The number of alkyl halides is 2. The van der Waals surface area contributed by atoms with Gasteiger partial charge in [0, 0.05) is 44.4 Å². The van der Waals surface area contributed by atoms with Crippen molar-refractivity contribution in [1.29, 1.82) is 0 Å². The maximum Gasteiger partial charge on any atom is 0.412 e. The van der Waals surface area contributed by atoms with Crippen molar-refractivity contribution < 1.29 is 93.3 Å². The summed E-state index contributed by atoms with van der Waals surface area (Å²) in [7, 11) is 1.39. The molecule has 4 aliphatic heterocycles. The average molecular weight is 1370 g/mol. The predicted molar refractivity (Wildman–Crippen MR) is 321 cm³/mol. The molecule has 0 bridgehead atoms. The number of nitrogen functional groups attached to an aromatic ring is 1.